The second kappa shape index (κ2) is 5.37. The van der Waals surface area contributed by atoms with E-state index in [1.165, 1.54) is 29.1 Å². The summed E-state index contributed by atoms with van der Waals surface area (Å²) in [4.78, 5) is 27.6. The summed E-state index contributed by atoms with van der Waals surface area (Å²) in [5, 5.41) is 0. The summed E-state index contributed by atoms with van der Waals surface area (Å²) >= 11 is 0. The summed E-state index contributed by atoms with van der Waals surface area (Å²) < 4.78 is 0. The van der Waals surface area contributed by atoms with Gasteiger partial charge in [0, 0.05) is 0 Å². The van der Waals surface area contributed by atoms with Gasteiger partial charge in [-0.2, -0.15) is 0 Å². The lowest BCUT2D eigenvalue weighted by Gasteiger charge is -2.33. The van der Waals surface area contributed by atoms with E-state index in [-0.39, 0.29) is 11.8 Å². The standard InChI is InChI=1S/C16H20N2O2/c1-2-12-7-5-6-10-17(12)11-18-15(19)13-8-3-4-9-14(13)16(18)20/h3-4,8-9,12H,2,5-7,10-11H2,1H3/p+1. The first-order chi connectivity index (χ1) is 9.72. The van der Waals surface area contributed by atoms with Gasteiger partial charge in [0.1, 0.15) is 0 Å². The Labute approximate surface area is 119 Å². The Morgan fingerprint density at radius 1 is 1.15 bits per heavy atom. The first kappa shape index (κ1) is 13.3. The fraction of sp³-hybridized carbons (Fsp3) is 0.500. The van der Waals surface area contributed by atoms with Crippen molar-refractivity contribution in [3.8, 4) is 0 Å². The Balaban J connectivity index is 1.79. The minimum Gasteiger partial charge on any atom is -0.315 e. The number of piperidine rings is 1. The van der Waals surface area contributed by atoms with Crippen LogP contribution in [0.25, 0.3) is 0 Å². The molecule has 1 fully saturated rings. The summed E-state index contributed by atoms with van der Waals surface area (Å²) in [5.41, 5.74) is 1.11. The van der Waals surface area contributed by atoms with Crippen LogP contribution in [-0.2, 0) is 0 Å². The number of hydrogen-bond donors (Lipinski definition) is 1. The molecule has 0 radical (unpaired) electrons. The van der Waals surface area contributed by atoms with Crippen LogP contribution in [0, 0.1) is 0 Å². The average Bonchev–Trinajstić information content (AvgIpc) is 2.73. The van der Waals surface area contributed by atoms with Gasteiger partial charge in [-0.1, -0.05) is 19.1 Å². The van der Waals surface area contributed by atoms with Gasteiger partial charge in [-0.25, -0.2) is 4.90 Å². The number of imide groups is 1. The number of fused-ring (bicyclic) bond motifs is 1. The molecule has 1 aromatic rings. The SMILES string of the molecule is CCC1CCCC[NH+]1CN1C(=O)c2ccccc2C1=O. The molecule has 1 N–H and O–H groups in total. The Morgan fingerprint density at radius 3 is 2.40 bits per heavy atom. The molecule has 2 amide bonds. The summed E-state index contributed by atoms with van der Waals surface area (Å²) in [7, 11) is 0. The Kier molecular flexibility index (Phi) is 3.57. The molecule has 0 saturated carbocycles. The molecule has 0 bridgehead atoms. The van der Waals surface area contributed by atoms with Crippen LogP contribution in [0.2, 0.25) is 0 Å². The molecular formula is C16H21N2O2+. The lowest BCUT2D eigenvalue weighted by Crippen LogP contribution is -3.18. The number of rotatable bonds is 3. The molecule has 106 valence electrons. The molecule has 2 heterocycles. The predicted molar refractivity (Wildman–Crippen MR) is 75.6 cm³/mol. The van der Waals surface area contributed by atoms with Gasteiger partial charge in [0.05, 0.1) is 23.7 Å². The number of carbonyl (C=O) groups is 2. The van der Waals surface area contributed by atoms with Crippen molar-refractivity contribution in [3.05, 3.63) is 35.4 Å². The minimum absolute atomic E-state index is 0.126. The molecule has 1 saturated heterocycles. The van der Waals surface area contributed by atoms with E-state index in [2.05, 4.69) is 6.92 Å². The van der Waals surface area contributed by atoms with Crippen LogP contribution in [0.15, 0.2) is 24.3 Å². The van der Waals surface area contributed by atoms with Crippen molar-refractivity contribution in [1.82, 2.24) is 4.90 Å². The van der Waals surface area contributed by atoms with Gasteiger partial charge in [-0.15, -0.1) is 0 Å². The van der Waals surface area contributed by atoms with E-state index >= 15 is 0 Å². The van der Waals surface area contributed by atoms with Crippen LogP contribution >= 0.6 is 0 Å². The second-order valence-electron chi connectivity index (χ2n) is 5.75. The van der Waals surface area contributed by atoms with Crippen molar-refractivity contribution in [2.45, 2.75) is 38.6 Å². The monoisotopic (exact) mass is 273 g/mol. The molecule has 4 heteroatoms. The lowest BCUT2D eigenvalue weighted by atomic mass is 10.0. The topological polar surface area (TPSA) is 41.8 Å². The fourth-order valence-corrected chi connectivity index (χ4v) is 3.44. The van der Waals surface area contributed by atoms with Crippen LogP contribution in [0.5, 0.6) is 0 Å². The highest BCUT2D eigenvalue weighted by molar-refractivity contribution is 6.21. The number of nitrogens with zero attached hydrogens (tertiary/aromatic N) is 1. The maximum atomic E-state index is 12.4. The number of carbonyl (C=O) groups excluding carboxylic acids is 2. The van der Waals surface area contributed by atoms with Crippen molar-refractivity contribution in [2.24, 2.45) is 0 Å². The van der Waals surface area contributed by atoms with Gasteiger partial charge < -0.3 is 4.90 Å². The van der Waals surface area contributed by atoms with Crippen LogP contribution in [0.1, 0.15) is 53.3 Å². The average molecular weight is 273 g/mol. The first-order valence-corrected chi connectivity index (χ1v) is 7.52. The van der Waals surface area contributed by atoms with Crippen molar-refractivity contribution in [1.29, 1.82) is 0 Å². The highest BCUT2D eigenvalue weighted by atomic mass is 16.2. The molecule has 0 aliphatic carbocycles. The van der Waals surface area contributed by atoms with Crippen molar-refractivity contribution < 1.29 is 14.5 Å². The largest absolute Gasteiger partial charge is 0.315 e. The third-order valence-electron chi connectivity index (χ3n) is 4.61. The molecule has 2 aliphatic rings. The van der Waals surface area contributed by atoms with Gasteiger partial charge in [-0.05, 0) is 37.8 Å². The van der Waals surface area contributed by atoms with Crippen LogP contribution in [0.3, 0.4) is 0 Å². The van der Waals surface area contributed by atoms with E-state index in [1.807, 2.05) is 12.1 Å². The van der Waals surface area contributed by atoms with Crippen LogP contribution < -0.4 is 4.90 Å². The fourth-order valence-electron chi connectivity index (χ4n) is 3.44. The summed E-state index contributed by atoms with van der Waals surface area (Å²) in [5.74, 6) is -0.253. The van der Waals surface area contributed by atoms with Crippen LogP contribution in [-0.4, -0.2) is 36.0 Å². The summed E-state index contributed by atoms with van der Waals surface area (Å²) in [6.45, 7) is 3.77. The quantitative estimate of drug-likeness (QED) is 0.838. The van der Waals surface area contributed by atoms with Crippen molar-refractivity contribution >= 4 is 11.8 Å². The van der Waals surface area contributed by atoms with Crippen molar-refractivity contribution in [2.75, 3.05) is 13.2 Å². The number of quaternary nitrogens is 1. The molecule has 2 aliphatic heterocycles. The van der Waals surface area contributed by atoms with Gasteiger partial charge in [0.2, 0.25) is 0 Å². The molecule has 3 rings (SSSR count). The zero-order valence-corrected chi connectivity index (χ0v) is 11.9. The number of amides is 2. The molecule has 4 nitrogen and oxygen atoms in total. The normalized spacial score (nSPS) is 25.9. The van der Waals surface area contributed by atoms with Gasteiger partial charge in [0.15, 0.2) is 6.67 Å². The maximum absolute atomic E-state index is 12.4. The predicted octanol–water partition coefficient (Wildman–Crippen LogP) is 1.09. The molecule has 20 heavy (non-hydrogen) atoms. The Hall–Kier alpha value is -1.68. The zero-order chi connectivity index (χ0) is 14.1. The van der Waals surface area contributed by atoms with E-state index in [1.54, 1.807) is 12.1 Å². The molecule has 0 aromatic heterocycles. The third-order valence-corrected chi connectivity index (χ3v) is 4.61. The zero-order valence-electron chi connectivity index (χ0n) is 11.9. The minimum atomic E-state index is -0.126. The molecule has 2 unspecified atom stereocenters. The van der Waals surface area contributed by atoms with Gasteiger partial charge in [0.25, 0.3) is 11.8 Å². The van der Waals surface area contributed by atoms with E-state index in [0.717, 1.165) is 13.0 Å². The molecule has 0 spiro atoms. The van der Waals surface area contributed by atoms with Crippen LogP contribution in [0.4, 0.5) is 0 Å². The number of benzene rings is 1. The number of likely N-dealkylation sites (tertiary alicyclic amines) is 1. The number of hydrogen-bond acceptors (Lipinski definition) is 2. The molecule has 1 aromatic carbocycles. The van der Waals surface area contributed by atoms with Crippen molar-refractivity contribution in [3.63, 3.8) is 0 Å². The number of nitrogens with one attached hydrogen (secondary N) is 1. The lowest BCUT2D eigenvalue weighted by molar-refractivity contribution is -0.937. The van der Waals surface area contributed by atoms with Gasteiger partial charge >= 0.3 is 0 Å². The second-order valence-corrected chi connectivity index (χ2v) is 5.75. The maximum Gasteiger partial charge on any atom is 0.265 e. The van der Waals surface area contributed by atoms with E-state index < -0.39 is 0 Å². The highest BCUT2D eigenvalue weighted by Gasteiger charge is 2.39. The first-order valence-electron chi connectivity index (χ1n) is 7.52. The van der Waals surface area contributed by atoms with E-state index in [0.29, 0.717) is 23.8 Å². The molecular weight excluding hydrogens is 252 g/mol. The molecule has 2 atom stereocenters. The smallest absolute Gasteiger partial charge is 0.265 e. The van der Waals surface area contributed by atoms with E-state index in [9.17, 15) is 9.59 Å². The van der Waals surface area contributed by atoms with E-state index in [4.69, 9.17) is 0 Å². The Morgan fingerprint density at radius 2 is 1.80 bits per heavy atom. The van der Waals surface area contributed by atoms with Gasteiger partial charge in [-0.3, -0.25) is 9.59 Å². The summed E-state index contributed by atoms with van der Waals surface area (Å²) in [6, 6.07) is 7.70. The Bertz CT molecular complexity index is 506. The highest BCUT2D eigenvalue weighted by Crippen LogP contribution is 2.21. The summed E-state index contributed by atoms with van der Waals surface area (Å²) in [6.07, 6.45) is 4.77. The third kappa shape index (κ3) is 2.14.